The number of hydrogen-bond donors (Lipinski definition) is 0. The van der Waals surface area contributed by atoms with E-state index in [-0.39, 0.29) is 0 Å². The van der Waals surface area contributed by atoms with Crippen molar-refractivity contribution < 1.29 is 0 Å². The zero-order chi connectivity index (χ0) is 14.3. The van der Waals surface area contributed by atoms with E-state index in [1.807, 2.05) is 0 Å². The predicted octanol–water partition coefficient (Wildman–Crippen LogP) is 3.86. The lowest BCUT2D eigenvalue weighted by Gasteiger charge is -2.41. The van der Waals surface area contributed by atoms with Crippen LogP contribution in [0.4, 0.5) is 0 Å². The van der Waals surface area contributed by atoms with Crippen molar-refractivity contribution >= 4 is 11.8 Å². The van der Waals surface area contributed by atoms with E-state index in [1.54, 1.807) is 22.9 Å². The van der Waals surface area contributed by atoms with E-state index in [0.717, 1.165) is 18.0 Å². The minimum absolute atomic E-state index is 0.436. The molecule has 0 amide bonds. The molecule has 0 aliphatic heterocycles. The summed E-state index contributed by atoms with van der Waals surface area (Å²) >= 11 is 1.64. The Balaban J connectivity index is 1.66. The number of aromatic nitrogens is 2. The number of benzene rings is 1. The molecule has 2 aliphatic rings. The van der Waals surface area contributed by atoms with Crippen LogP contribution in [0, 0.1) is 5.41 Å². The SMILES string of the molecule is CSc1ncc2c(n1)C[C@]1(CCc3ccccc3C1)CC2. The summed E-state index contributed by atoms with van der Waals surface area (Å²) in [5, 5.41) is 0.919. The summed E-state index contributed by atoms with van der Waals surface area (Å²) in [6.07, 6.45) is 11.4. The van der Waals surface area contributed by atoms with Crippen LogP contribution < -0.4 is 0 Å². The first-order valence-electron chi connectivity index (χ1n) is 7.74. The van der Waals surface area contributed by atoms with Gasteiger partial charge in [0.25, 0.3) is 0 Å². The lowest BCUT2D eigenvalue weighted by Crippen LogP contribution is -2.35. The Labute approximate surface area is 130 Å². The van der Waals surface area contributed by atoms with Crippen molar-refractivity contribution in [3.63, 3.8) is 0 Å². The largest absolute Gasteiger partial charge is 0.231 e. The van der Waals surface area contributed by atoms with Gasteiger partial charge in [-0.1, -0.05) is 36.0 Å². The maximum absolute atomic E-state index is 4.79. The molecule has 1 atom stereocenters. The molecule has 1 aromatic carbocycles. The number of fused-ring (bicyclic) bond motifs is 2. The Hall–Kier alpha value is -1.35. The molecule has 1 aromatic heterocycles. The van der Waals surface area contributed by atoms with E-state index in [2.05, 4.69) is 41.7 Å². The fourth-order valence-corrected chi connectivity index (χ4v) is 4.32. The van der Waals surface area contributed by atoms with E-state index >= 15 is 0 Å². The van der Waals surface area contributed by atoms with Gasteiger partial charge in [-0.25, -0.2) is 9.97 Å². The average Bonchev–Trinajstić information content (AvgIpc) is 2.54. The summed E-state index contributed by atoms with van der Waals surface area (Å²) in [7, 11) is 0. The second kappa shape index (κ2) is 5.13. The Bertz CT molecular complexity index is 683. The highest BCUT2D eigenvalue weighted by atomic mass is 32.2. The van der Waals surface area contributed by atoms with Gasteiger partial charge in [0.1, 0.15) is 0 Å². The highest BCUT2D eigenvalue weighted by Crippen LogP contribution is 2.44. The smallest absolute Gasteiger partial charge is 0.187 e. The van der Waals surface area contributed by atoms with Gasteiger partial charge >= 0.3 is 0 Å². The standard InChI is InChI=1S/C18H20N2S/c1-21-17-19-12-15-7-9-18(11-16(15)20-17)8-6-13-4-2-3-5-14(13)10-18/h2-5,12H,6-11H2,1H3/t18-/m1/s1. The second-order valence-corrected chi connectivity index (χ2v) is 7.22. The van der Waals surface area contributed by atoms with Gasteiger partial charge in [0.15, 0.2) is 5.16 Å². The fraction of sp³-hybridized carbons (Fsp3) is 0.444. The van der Waals surface area contributed by atoms with E-state index in [1.165, 1.54) is 36.9 Å². The molecule has 0 unspecified atom stereocenters. The topological polar surface area (TPSA) is 25.8 Å². The van der Waals surface area contributed by atoms with Gasteiger partial charge < -0.3 is 0 Å². The van der Waals surface area contributed by atoms with Crippen LogP contribution in [0.15, 0.2) is 35.6 Å². The van der Waals surface area contributed by atoms with Gasteiger partial charge in [0.05, 0.1) is 0 Å². The van der Waals surface area contributed by atoms with Crippen molar-refractivity contribution in [2.45, 2.75) is 43.7 Å². The number of rotatable bonds is 1. The maximum Gasteiger partial charge on any atom is 0.187 e. The third-order valence-corrected chi connectivity index (χ3v) is 5.75. The van der Waals surface area contributed by atoms with Gasteiger partial charge in [-0.15, -0.1) is 0 Å². The minimum atomic E-state index is 0.436. The van der Waals surface area contributed by atoms with Crippen molar-refractivity contribution in [3.05, 3.63) is 52.8 Å². The molecule has 2 aliphatic carbocycles. The minimum Gasteiger partial charge on any atom is -0.231 e. The quantitative estimate of drug-likeness (QED) is 0.590. The first-order chi connectivity index (χ1) is 10.3. The molecule has 0 radical (unpaired) electrons. The van der Waals surface area contributed by atoms with Crippen LogP contribution in [0.25, 0.3) is 0 Å². The molecule has 108 valence electrons. The first kappa shape index (κ1) is 13.3. The molecular formula is C18H20N2S. The Morgan fingerprint density at radius 2 is 1.76 bits per heavy atom. The third-order valence-electron chi connectivity index (χ3n) is 5.19. The van der Waals surface area contributed by atoms with Gasteiger partial charge in [0.2, 0.25) is 0 Å². The summed E-state index contributed by atoms with van der Waals surface area (Å²) < 4.78 is 0. The maximum atomic E-state index is 4.79. The summed E-state index contributed by atoms with van der Waals surface area (Å²) in [5.74, 6) is 0. The molecule has 0 saturated carbocycles. The monoisotopic (exact) mass is 296 g/mol. The highest BCUT2D eigenvalue weighted by molar-refractivity contribution is 7.98. The predicted molar refractivity (Wildman–Crippen MR) is 86.7 cm³/mol. The molecule has 0 N–H and O–H groups in total. The molecule has 3 heteroatoms. The van der Waals surface area contributed by atoms with Crippen LogP contribution in [-0.4, -0.2) is 16.2 Å². The molecule has 21 heavy (non-hydrogen) atoms. The molecule has 2 nitrogen and oxygen atoms in total. The lowest BCUT2D eigenvalue weighted by atomic mass is 9.64. The number of aryl methyl sites for hydroxylation is 2. The Morgan fingerprint density at radius 3 is 2.57 bits per heavy atom. The normalized spacial score (nSPS) is 23.7. The molecule has 1 spiro atoms. The number of hydrogen-bond acceptors (Lipinski definition) is 3. The third kappa shape index (κ3) is 2.38. The molecular weight excluding hydrogens is 276 g/mol. The van der Waals surface area contributed by atoms with Crippen LogP contribution in [0.5, 0.6) is 0 Å². The van der Waals surface area contributed by atoms with Crippen LogP contribution >= 0.6 is 11.8 Å². The van der Waals surface area contributed by atoms with Crippen LogP contribution in [0.2, 0.25) is 0 Å². The number of nitrogens with zero attached hydrogens (tertiary/aromatic N) is 2. The fourth-order valence-electron chi connectivity index (χ4n) is 3.96. The number of thioether (sulfide) groups is 1. The Kier molecular flexibility index (Phi) is 3.26. The van der Waals surface area contributed by atoms with Crippen molar-refractivity contribution in [3.8, 4) is 0 Å². The van der Waals surface area contributed by atoms with E-state index in [4.69, 9.17) is 4.98 Å². The first-order valence-corrected chi connectivity index (χ1v) is 8.96. The van der Waals surface area contributed by atoms with Gasteiger partial charge in [0, 0.05) is 11.9 Å². The van der Waals surface area contributed by atoms with Gasteiger partial charge in [-0.2, -0.15) is 0 Å². The van der Waals surface area contributed by atoms with Crippen LogP contribution in [0.3, 0.4) is 0 Å². The highest BCUT2D eigenvalue weighted by Gasteiger charge is 2.38. The molecule has 4 rings (SSSR count). The molecule has 2 aromatic rings. The zero-order valence-electron chi connectivity index (χ0n) is 12.4. The van der Waals surface area contributed by atoms with E-state index < -0.39 is 0 Å². The lowest BCUT2D eigenvalue weighted by molar-refractivity contribution is 0.206. The summed E-state index contributed by atoms with van der Waals surface area (Å²) in [4.78, 5) is 9.22. The molecule has 1 heterocycles. The summed E-state index contributed by atoms with van der Waals surface area (Å²) in [6, 6.07) is 8.97. The van der Waals surface area contributed by atoms with Crippen molar-refractivity contribution in [2.75, 3.05) is 6.26 Å². The van der Waals surface area contributed by atoms with E-state index in [9.17, 15) is 0 Å². The summed E-state index contributed by atoms with van der Waals surface area (Å²) in [6.45, 7) is 0. The molecule has 0 saturated heterocycles. The van der Waals surface area contributed by atoms with Crippen LogP contribution in [-0.2, 0) is 25.7 Å². The van der Waals surface area contributed by atoms with Crippen molar-refractivity contribution in [1.82, 2.24) is 9.97 Å². The van der Waals surface area contributed by atoms with E-state index in [0.29, 0.717) is 5.41 Å². The second-order valence-electron chi connectivity index (χ2n) is 6.45. The van der Waals surface area contributed by atoms with Crippen molar-refractivity contribution in [1.29, 1.82) is 0 Å². The molecule has 0 bridgehead atoms. The van der Waals surface area contributed by atoms with Crippen LogP contribution in [0.1, 0.15) is 35.2 Å². The summed E-state index contributed by atoms with van der Waals surface area (Å²) in [5.41, 5.74) is 6.23. The molecule has 0 fully saturated rings. The average molecular weight is 296 g/mol. The van der Waals surface area contributed by atoms with Gasteiger partial charge in [-0.05, 0) is 66.9 Å². The van der Waals surface area contributed by atoms with Gasteiger partial charge in [-0.3, -0.25) is 0 Å². The Morgan fingerprint density at radius 1 is 1.00 bits per heavy atom. The zero-order valence-corrected chi connectivity index (χ0v) is 13.2. The van der Waals surface area contributed by atoms with Crippen molar-refractivity contribution in [2.24, 2.45) is 5.41 Å².